The van der Waals surface area contributed by atoms with E-state index in [-0.39, 0.29) is 24.4 Å². The number of aromatic nitrogens is 1. The lowest BCUT2D eigenvalue weighted by Gasteiger charge is -2.35. The molecule has 204 valence electrons. The summed E-state index contributed by atoms with van der Waals surface area (Å²) in [4.78, 5) is 45.4. The fourth-order valence-electron chi connectivity index (χ4n) is 5.31. The highest BCUT2D eigenvalue weighted by Gasteiger charge is 2.40. The topological polar surface area (TPSA) is 116 Å². The fourth-order valence-corrected chi connectivity index (χ4v) is 5.31. The summed E-state index contributed by atoms with van der Waals surface area (Å²) in [6.45, 7) is 11.1. The van der Waals surface area contributed by atoms with Crippen molar-refractivity contribution in [1.82, 2.24) is 14.8 Å². The average Bonchev–Trinajstić information content (AvgIpc) is 3.29. The number of benzene rings is 2. The molecule has 0 bridgehead atoms. The number of carbonyl (C=O) groups is 3. The quantitative estimate of drug-likeness (QED) is 0.482. The Bertz CT molecular complexity index is 1490. The van der Waals surface area contributed by atoms with Gasteiger partial charge in [-0.2, -0.15) is 0 Å². The highest BCUT2D eigenvalue weighted by atomic mass is 16.6. The Morgan fingerprint density at radius 2 is 1.74 bits per heavy atom. The van der Waals surface area contributed by atoms with E-state index in [1.807, 2.05) is 45.0 Å². The number of aromatic amines is 1. The zero-order valence-corrected chi connectivity index (χ0v) is 23.0. The minimum Gasteiger partial charge on any atom is -0.484 e. The van der Waals surface area contributed by atoms with Gasteiger partial charge in [-0.1, -0.05) is 26.0 Å². The van der Waals surface area contributed by atoms with Crippen LogP contribution < -0.4 is 4.74 Å². The average molecular weight is 531 g/mol. The van der Waals surface area contributed by atoms with Crippen molar-refractivity contribution < 1.29 is 23.9 Å². The van der Waals surface area contributed by atoms with Crippen LogP contribution in [0.15, 0.2) is 36.4 Å². The third-order valence-corrected chi connectivity index (χ3v) is 7.40. The lowest BCUT2D eigenvalue weighted by atomic mass is 9.71. The molecule has 5 rings (SSSR count). The van der Waals surface area contributed by atoms with E-state index in [4.69, 9.17) is 14.9 Å². The first kappa shape index (κ1) is 26.5. The minimum atomic E-state index is -0.563. The van der Waals surface area contributed by atoms with E-state index in [0.29, 0.717) is 43.1 Å². The second-order valence-electron chi connectivity index (χ2n) is 11.6. The Balaban J connectivity index is 1.28. The van der Waals surface area contributed by atoms with E-state index >= 15 is 0 Å². The van der Waals surface area contributed by atoms with Crippen molar-refractivity contribution >= 4 is 34.9 Å². The number of rotatable bonds is 4. The second-order valence-corrected chi connectivity index (χ2v) is 11.6. The number of hydrogen-bond donors (Lipinski definition) is 2. The number of nitrogens with zero attached hydrogens (tertiary/aromatic N) is 2. The molecule has 0 saturated carbocycles. The zero-order valence-electron chi connectivity index (χ0n) is 23.0. The molecule has 0 atom stereocenters. The number of ether oxygens (including phenoxy) is 2. The number of fused-ring (bicyclic) bond motifs is 4. The second kappa shape index (κ2) is 9.55. The van der Waals surface area contributed by atoms with Crippen LogP contribution in [-0.4, -0.2) is 77.2 Å². The monoisotopic (exact) mass is 530 g/mol. The molecule has 9 nitrogen and oxygen atoms in total. The third kappa shape index (κ3) is 4.89. The van der Waals surface area contributed by atoms with Crippen LogP contribution >= 0.6 is 0 Å². The van der Waals surface area contributed by atoms with E-state index < -0.39 is 11.0 Å². The van der Waals surface area contributed by atoms with Gasteiger partial charge in [0.1, 0.15) is 11.4 Å². The van der Waals surface area contributed by atoms with Gasteiger partial charge in [0.05, 0.1) is 5.56 Å². The molecular formula is C30H34N4O5. The van der Waals surface area contributed by atoms with E-state index in [9.17, 15) is 14.4 Å². The van der Waals surface area contributed by atoms with Crippen molar-refractivity contribution in [3.05, 3.63) is 64.3 Å². The first-order valence-corrected chi connectivity index (χ1v) is 13.1. The molecule has 2 N–H and O–H groups in total. The van der Waals surface area contributed by atoms with Gasteiger partial charge in [0.25, 0.3) is 5.91 Å². The molecule has 1 fully saturated rings. The van der Waals surface area contributed by atoms with Gasteiger partial charge >= 0.3 is 6.09 Å². The van der Waals surface area contributed by atoms with Crippen LogP contribution in [0.5, 0.6) is 5.75 Å². The lowest BCUT2D eigenvalue weighted by Crippen LogP contribution is -2.52. The maximum Gasteiger partial charge on any atom is 0.410 e. The molecule has 2 heterocycles. The van der Waals surface area contributed by atoms with Crippen LogP contribution in [0, 0.1) is 5.41 Å². The van der Waals surface area contributed by atoms with E-state index in [0.717, 1.165) is 27.7 Å². The Morgan fingerprint density at radius 1 is 1.05 bits per heavy atom. The van der Waals surface area contributed by atoms with Gasteiger partial charge in [0.15, 0.2) is 12.4 Å². The van der Waals surface area contributed by atoms with E-state index in [2.05, 4.69) is 18.8 Å². The highest BCUT2D eigenvalue weighted by Crippen LogP contribution is 2.44. The van der Waals surface area contributed by atoms with Crippen LogP contribution in [-0.2, 0) is 14.9 Å². The molecule has 2 aliphatic rings. The van der Waals surface area contributed by atoms with Crippen molar-refractivity contribution in [2.24, 2.45) is 0 Å². The Hall–Kier alpha value is -4.14. The largest absolute Gasteiger partial charge is 0.484 e. The van der Waals surface area contributed by atoms with Crippen molar-refractivity contribution in [2.75, 3.05) is 32.8 Å². The predicted molar refractivity (Wildman–Crippen MR) is 148 cm³/mol. The molecule has 1 aromatic heterocycles. The SMILES string of the molecule is CC(C)(C)OC(=O)N1CCN(C(=O)COc2ccc3c(c2)C(C)(C)c2[nH]c4cc(C=N)ccc4c2C3=O)CC1. The number of carbonyl (C=O) groups excluding carboxylic acids is 3. The molecule has 0 unspecified atom stereocenters. The summed E-state index contributed by atoms with van der Waals surface area (Å²) in [7, 11) is 0. The van der Waals surface area contributed by atoms with Gasteiger partial charge in [0, 0.05) is 60.0 Å². The molecule has 1 aliphatic heterocycles. The van der Waals surface area contributed by atoms with E-state index in [1.54, 1.807) is 21.9 Å². The van der Waals surface area contributed by atoms with Crippen LogP contribution in [0.2, 0.25) is 0 Å². The molecule has 1 aliphatic carbocycles. The summed E-state index contributed by atoms with van der Waals surface area (Å²) in [6.07, 6.45) is 0.914. The molecule has 1 saturated heterocycles. The van der Waals surface area contributed by atoms with Crippen LogP contribution in [0.3, 0.4) is 0 Å². The van der Waals surface area contributed by atoms with Gasteiger partial charge in [-0.25, -0.2) is 4.79 Å². The minimum absolute atomic E-state index is 0.0568. The van der Waals surface area contributed by atoms with Crippen LogP contribution in [0.25, 0.3) is 10.9 Å². The zero-order chi connectivity index (χ0) is 28.1. The van der Waals surface area contributed by atoms with Crippen LogP contribution in [0.4, 0.5) is 4.79 Å². The van der Waals surface area contributed by atoms with Gasteiger partial charge in [-0.05, 0) is 56.2 Å². The molecule has 2 amide bonds. The molecule has 2 aromatic carbocycles. The fraction of sp³-hybridized carbons (Fsp3) is 0.400. The smallest absolute Gasteiger partial charge is 0.410 e. The van der Waals surface area contributed by atoms with Gasteiger partial charge in [-0.3, -0.25) is 9.59 Å². The summed E-state index contributed by atoms with van der Waals surface area (Å²) in [5, 5.41) is 8.39. The van der Waals surface area contributed by atoms with Crippen molar-refractivity contribution in [3.63, 3.8) is 0 Å². The summed E-state index contributed by atoms with van der Waals surface area (Å²) in [5.74, 6) is 0.298. The van der Waals surface area contributed by atoms with Crippen molar-refractivity contribution in [2.45, 2.75) is 45.6 Å². The summed E-state index contributed by atoms with van der Waals surface area (Å²) in [5.41, 5.74) is 3.44. The van der Waals surface area contributed by atoms with Gasteiger partial charge < -0.3 is 29.7 Å². The Kier molecular flexibility index (Phi) is 6.48. The number of ketones is 1. The normalized spacial score (nSPS) is 16.5. The maximum absolute atomic E-state index is 13.6. The highest BCUT2D eigenvalue weighted by molar-refractivity contribution is 6.20. The Labute approximate surface area is 227 Å². The number of amides is 2. The first-order chi connectivity index (χ1) is 18.4. The number of H-pyrrole nitrogens is 1. The lowest BCUT2D eigenvalue weighted by molar-refractivity contribution is -0.135. The predicted octanol–water partition coefficient (Wildman–Crippen LogP) is 4.49. The summed E-state index contributed by atoms with van der Waals surface area (Å²) < 4.78 is 11.3. The number of piperazine rings is 1. The molecule has 9 heteroatoms. The summed E-state index contributed by atoms with van der Waals surface area (Å²) in [6, 6.07) is 11.0. The standard InChI is InChI=1S/C30H34N4O5/c1-29(2,3)39-28(37)34-12-10-33(11-13-34)24(35)17-38-19-7-9-20-22(15-19)30(4,5)27-25(26(20)36)21-8-6-18(16-31)14-23(21)32-27/h6-9,14-16,31-32H,10-13,17H2,1-5H3. The van der Waals surface area contributed by atoms with E-state index in [1.165, 1.54) is 6.21 Å². The van der Waals surface area contributed by atoms with Gasteiger partial charge in [-0.15, -0.1) is 0 Å². The Morgan fingerprint density at radius 3 is 2.41 bits per heavy atom. The third-order valence-electron chi connectivity index (χ3n) is 7.40. The first-order valence-electron chi connectivity index (χ1n) is 13.1. The molecule has 39 heavy (non-hydrogen) atoms. The number of hydrogen-bond acceptors (Lipinski definition) is 6. The number of nitrogens with one attached hydrogen (secondary N) is 2. The molecular weight excluding hydrogens is 496 g/mol. The molecule has 0 radical (unpaired) electrons. The molecule has 3 aromatic rings. The van der Waals surface area contributed by atoms with Crippen molar-refractivity contribution in [3.8, 4) is 5.75 Å². The van der Waals surface area contributed by atoms with Crippen molar-refractivity contribution in [1.29, 1.82) is 5.41 Å². The maximum atomic E-state index is 13.6. The summed E-state index contributed by atoms with van der Waals surface area (Å²) >= 11 is 0. The van der Waals surface area contributed by atoms with Gasteiger partial charge in [0.2, 0.25) is 0 Å². The van der Waals surface area contributed by atoms with Crippen LogP contribution in [0.1, 0.15) is 67.4 Å². The molecule has 0 spiro atoms.